The van der Waals surface area contributed by atoms with Gasteiger partial charge in [-0.05, 0) is 55.3 Å². The van der Waals surface area contributed by atoms with Gasteiger partial charge < -0.3 is 10.2 Å². The molecule has 0 aliphatic carbocycles. The first kappa shape index (κ1) is 30.8. The van der Waals surface area contributed by atoms with Crippen molar-refractivity contribution in [2.75, 3.05) is 17.1 Å². The Bertz CT molecular complexity index is 1400. The highest BCUT2D eigenvalue weighted by Gasteiger charge is 2.33. The van der Waals surface area contributed by atoms with Gasteiger partial charge in [-0.3, -0.25) is 13.9 Å². The Morgan fingerprint density at radius 1 is 0.872 bits per heavy atom. The van der Waals surface area contributed by atoms with Crippen LogP contribution in [-0.4, -0.2) is 50.0 Å². The summed E-state index contributed by atoms with van der Waals surface area (Å²) < 4.78 is 26.6. The van der Waals surface area contributed by atoms with Gasteiger partial charge in [-0.15, -0.1) is 0 Å². The number of carbonyl (C=O) groups is 2. The van der Waals surface area contributed by atoms with Gasteiger partial charge in [-0.25, -0.2) is 8.42 Å². The van der Waals surface area contributed by atoms with Crippen molar-refractivity contribution in [2.45, 2.75) is 38.9 Å². The molecular formula is C28H30Cl3N3O4S. The second kappa shape index (κ2) is 13.5. The largest absolute Gasteiger partial charge is 0.352 e. The Morgan fingerprint density at radius 2 is 1.51 bits per heavy atom. The maximum absolute atomic E-state index is 14.0. The normalized spacial score (nSPS) is 12.2. The minimum Gasteiger partial charge on any atom is -0.352 e. The number of hydrogen-bond donors (Lipinski definition) is 1. The van der Waals surface area contributed by atoms with Crippen molar-refractivity contribution in [1.82, 2.24) is 10.2 Å². The lowest BCUT2D eigenvalue weighted by Gasteiger charge is -2.34. The van der Waals surface area contributed by atoms with Crippen molar-refractivity contribution in [2.24, 2.45) is 0 Å². The van der Waals surface area contributed by atoms with Crippen molar-refractivity contribution >= 4 is 62.3 Å². The standard InChI is InChI=1S/C28H30Cl3N3O4S/c1-19(2)32-28(36)26(15-20-7-5-4-6-8-20)33(17-21-9-11-22(29)12-10-21)27(35)18-34(39(3,37)38)23-13-14-24(30)25(31)16-23/h4-14,16,19,26H,15,17-18H2,1-3H3,(H,32,36). The van der Waals surface area contributed by atoms with Crippen molar-refractivity contribution in [1.29, 1.82) is 0 Å². The second-order valence-corrected chi connectivity index (χ2v) is 12.5. The molecular weight excluding hydrogens is 581 g/mol. The number of amides is 2. The van der Waals surface area contributed by atoms with Crippen molar-refractivity contribution < 1.29 is 18.0 Å². The zero-order valence-corrected chi connectivity index (χ0v) is 24.9. The van der Waals surface area contributed by atoms with E-state index in [4.69, 9.17) is 34.8 Å². The fourth-order valence-corrected chi connectivity index (χ4v) is 5.23. The van der Waals surface area contributed by atoms with Crippen molar-refractivity contribution in [3.63, 3.8) is 0 Å². The summed E-state index contributed by atoms with van der Waals surface area (Å²) in [6, 6.07) is 19.4. The summed E-state index contributed by atoms with van der Waals surface area (Å²) in [6.45, 7) is 3.17. The van der Waals surface area contributed by atoms with Crippen LogP contribution >= 0.6 is 34.8 Å². The molecule has 0 aromatic heterocycles. The molecule has 11 heteroatoms. The summed E-state index contributed by atoms with van der Waals surface area (Å²) in [7, 11) is -3.91. The highest BCUT2D eigenvalue weighted by Crippen LogP contribution is 2.29. The van der Waals surface area contributed by atoms with E-state index in [0.717, 1.165) is 21.7 Å². The molecule has 0 aliphatic rings. The average Bonchev–Trinajstić information content (AvgIpc) is 2.87. The molecule has 0 heterocycles. The lowest BCUT2D eigenvalue weighted by molar-refractivity contribution is -0.140. The maximum Gasteiger partial charge on any atom is 0.244 e. The third kappa shape index (κ3) is 8.86. The summed E-state index contributed by atoms with van der Waals surface area (Å²) in [6.07, 6.45) is 1.23. The molecule has 0 bridgehead atoms. The highest BCUT2D eigenvalue weighted by atomic mass is 35.5. The lowest BCUT2D eigenvalue weighted by Crippen LogP contribution is -2.54. The Morgan fingerprint density at radius 3 is 2.08 bits per heavy atom. The number of anilines is 1. The van der Waals surface area contributed by atoms with Crippen LogP contribution in [0, 0.1) is 0 Å². The molecule has 39 heavy (non-hydrogen) atoms. The van der Waals surface area contributed by atoms with E-state index in [1.54, 1.807) is 24.3 Å². The minimum atomic E-state index is -3.91. The first-order valence-electron chi connectivity index (χ1n) is 12.2. The summed E-state index contributed by atoms with van der Waals surface area (Å²) in [4.78, 5) is 28.9. The van der Waals surface area contributed by atoms with Crippen LogP contribution < -0.4 is 9.62 Å². The number of benzene rings is 3. The van der Waals surface area contributed by atoms with E-state index in [-0.39, 0.29) is 40.6 Å². The third-order valence-electron chi connectivity index (χ3n) is 5.84. The molecule has 0 radical (unpaired) electrons. The quantitative estimate of drug-likeness (QED) is 0.307. The van der Waals surface area contributed by atoms with Crippen molar-refractivity contribution in [3.05, 3.63) is 99.0 Å². The van der Waals surface area contributed by atoms with Crippen LogP contribution in [-0.2, 0) is 32.6 Å². The Labute approximate surface area is 244 Å². The molecule has 0 saturated carbocycles. The first-order valence-corrected chi connectivity index (χ1v) is 15.1. The summed E-state index contributed by atoms with van der Waals surface area (Å²) >= 11 is 18.2. The fraction of sp³-hybridized carbons (Fsp3) is 0.286. The van der Waals surface area contributed by atoms with Crippen LogP contribution in [0.3, 0.4) is 0 Å². The zero-order valence-electron chi connectivity index (χ0n) is 21.8. The Hall–Kier alpha value is -2.78. The second-order valence-electron chi connectivity index (χ2n) is 9.38. The van der Waals surface area contributed by atoms with Crippen molar-refractivity contribution in [3.8, 4) is 0 Å². The number of nitrogens with one attached hydrogen (secondary N) is 1. The van der Waals surface area contributed by atoms with Crippen LogP contribution in [0.1, 0.15) is 25.0 Å². The van der Waals surface area contributed by atoms with Crippen LogP contribution in [0.25, 0.3) is 0 Å². The number of carbonyl (C=O) groups excluding carboxylic acids is 2. The summed E-state index contributed by atoms with van der Waals surface area (Å²) in [5, 5.41) is 3.82. The molecule has 0 aliphatic heterocycles. The van der Waals surface area contributed by atoms with E-state index in [9.17, 15) is 18.0 Å². The van der Waals surface area contributed by atoms with Crippen LogP contribution in [0.15, 0.2) is 72.8 Å². The molecule has 3 aromatic carbocycles. The van der Waals surface area contributed by atoms with Gasteiger partial charge in [-0.1, -0.05) is 77.3 Å². The molecule has 0 spiro atoms. The van der Waals surface area contributed by atoms with Gasteiger partial charge in [0.25, 0.3) is 0 Å². The number of hydrogen-bond acceptors (Lipinski definition) is 4. The highest BCUT2D eigenvalue weighted by molar-refractivity contribution is 7.92. The molecule has 1 N–H and O–H groups in total. The molecule has 1 atom stereocenters. The minimum absolute atomic E-state index is 0.0536. The van der Waals surface area contributed by atoms with Crippen LogP contribution in [0.4, 0.5) is 5.69 Å². The van der Waals surface area contributed by atoms with Gasteiger partial charge in [-0.2, -0.15) is 0 Å². The maximum atomic E-state index is 14.0. The molecule has 1 unspecified atom stereocenters. The predicted molar refractivity (Wildman–Crippen MR) is 158 cm³/mol. The molecule has 208 valence electrons. The van der Waals surface area contributed by atoms with Crippen LogP contribution in [0.2, 0.25) is 15.1 Å². The van der Waals surface area contributed by atoms with Gasteiger partial charge in [0.15, 0.2) is 0 Å². The van der Waals surface area contributed by atoms with E-state index >= 15 is 0 Å². The molecule has 2 amide bonds. The monoisotopic (exact) mass is 609 g/mol. The molecule has 0 fully saturated rings. The Balaban J connectivity index is 2.06. The van der Waals surface area contributed by atoms with Crippen LogP contribution in [0.5, 0.6) is 0 Å². The Kier molecular flexibility index (Phi) is 10.7. The average molecular weight is 611 g/mol. The van der Waals surface area contributed by atoms with Gasteiger partial charge in [0.2, 0.25) is 21.8 Å². The number of halogens is 3. The van der Waals surface area contributed by atoms with Gasteiger partial charge in [0.1, 0.15) is 12.6 Å². The molecule has 3 aromatic rings. The van der Waals surface area contributed by atoms with E-state index in [1.807, 2.05) is 44.2 Å². The van der Waals surface area contributed by atoms with E-state index in [2.05, 4.69) is 5.32 Å². The molecule has 0 saturated heterocycles. The summed E-state index contributed by atoms with van der Waals surface area (Å²) in [5.41, 5.74) is 1.75. The summed E-state index contributed by atoms with van der Waals surface area (Å²) in [5.74, 6) is -0.919. The number of nitrogens with zero attached hydrogens (tertiary/aromatic N) is 2. The van der Waals surface area contributed by atoms with E-state index in [0.29, 0.717) is 5.02 Å². The topological polar surface area (TPSA) is 86.8 Å². The molecule has 7 nitrogen and oxygen atoms in total. The van der Waals surface area contributed by atoms with Gasteiger partial charge >= 0.3 is 0 Å². The zero-order chi connectivity index (χ0) is 28.7. The first-order chi connectivity index (χ1) is 18.3. The van der Waals surface area contributed by atoms with E-state index < -0.39 is 28.5 Å². The SMILES string of the molecule is CC(C)NC(=O)C(Cc1ccccc1)N(Cc1ccc(Cl)cc1)C(=O)CN(c1ccc(Cl)c(Cl)c1)S(C)(=O)=O. The van der Waals surface area contributed by atoms with E-state index in [1.165, 1.54) is 23.1 Å². The number of sulfonamides is 1. The van der Waals surface area contributed by atoms with Gasteiger partial charge in [0, 0.05) is 24.0 Å². The third-order valence-corrected chi connectivity index (χ3v) is 7.97. The fourth-order valence-electron chi connectivity index (χ4n) is 3.98. The lowest BCUT2D eigenvalue weighted by atomic mass is 10.0. The van der Waals surface area contributed by atoms with Gasteiger partial charge in [0.05, 0.1) is 22.0 Å². The predicted octanol–water partition coefficient (Wildman–Crippen LogP) is 5.58. The smallest absolute Gasteiger partial charge is 0.244 e. The molecule has 3 rings (SSSR count). The number of rotatable bonds is 11.